The molecule has 2 aromatic rings. The summed E-state index contributed by atoms with van der Waals surface area (Å²) in [5, 5.41) is 3.29. The number of nitrogens with zero attached hydrogens (tertiary/aromatic N) is 1. The highest BCUT2D eigenvalue weighted by atomic mass is 16.3. The van der Waals surface area contributed by atoms with Crippen LogP contribution in [-0.4, -0.2) is 4.98 Å². The molecule has 2 aromatic heterocycles. The van der Waals surface area contributed by atoms with Crippen LogP contribution in [0.2, 0.25) is 0 Å². The van der Waals surface area contributed by atoms with Crippen LogP contribution in [0.3, 0.4) is 0 Å². The van der Waals surface area contributed by atoms with E-state index in [1.807, 2.05) is 38.1 Å². The number of hydrogen-bond acceptors (Lipinski definition) is 3. The maximum atomic E-state index is 5.46. The summed E-state index contributed by atoms with van der Waals surface area (Å²) >= 11 is 0. The van der Waals surface area contributed by atoms with Gasteiger partial charge in [0, 0.05) is 6.20 Å². The molecular formula is C12H14N2O. The smallest absolute Gasteiger partial charge is 0.123 e. The number of nitrogens with one attached hydrogen (secondary N) is 1. The van der Waals surface area contributed by atoms with E-state index in [0.29, 0.717) is 6.54 Å². The Hall–Kier alpha value is -1.77. The van der Waals surface area contributed by atoms with Gasteiger partial charge >= 0.3 is 0 Å². The summed E-state index contributed by atoms with van der Waals surface area (Å²) in [4.78, 5) is 4.20. The van der Waals surface area contributed by atoms with E-state index in [4.69, 9.17) is 4.42 Å². The molecular weight excluding hydrogens is 188 g/mol. The fourth-order valence-electron chi connectivity index (χ4n) is 1.43. The van der Waals surface area contributed by atoms with Gasteiger partial charge in [-0.1, -0.05) is 0 Å². The lowest BCUT2D eigenvalue weighted by Crippen LogP contribution is -2.00. The molecule has 3 nitrogen and oxygen atoms in total. The molecule has 3 heteroatoms. The SMILES string of the molecule is Cc1ccc(CNc2cccnc2C)o1. The molecule has 0 amide bonds. The molecule has 0 radical (unpaired) electrons. The van der Waals surface area contributed by atoms with Gasteiger partial charge in [-0.05, 0) is 38.1 Å². The largest absolute Gasteiger partial charge is 0.465 e. The van der Waals surface area contributed by atoms with Crippen LogP contribution in [0.5, 0.6) is 0 Å². The number of anilines is 1. The quantitative estimate of drug-likeness (QED) is 0.831. The molecule has 0 spiro atoms. The summed E-state index contributed by atoms with van der Waals surface area (Å²) in [5.41, 5.74) is 2.05. The monoisotopic (exact) mass is 202 g/mol. The summed E-state index contributed by atoms with van der Waals surface area (Å²) in [5.74, 6) is 1.88. The number of aromatic nitrogens is 1. The van der Waals surface area contributed by atoms with Gasteiger partial charge in [0.05, 0.1) is 17.9 Å². The Labute approximate surface area is 89.1 Å². The molecule has 1 N–H and O–H groups in total. The molecule has 2 heterocycles. The molecule has 0 saturated carbocycles. The van der Waals surface area contributed by atoms with Crippen molar-refractivity contribution in [2.45, 2.75) is 20.4 Å². The van der Waals surface area contributed by atoms with Crippen LogP contribution in [0, 0.1) is 13.8 Å². The molecule has 0 aliphatic rings. The van der Waals surface area contributed by atoms with Crippen LogP contribution >= 0.6 is 0 Å². The standard InChI is InChI=1S/C12H14N2O/c1-9-5-6-11(15-9)8-14-12-4-3-7-13-10(12)2/h3-7,14H,8H2,1-2H3. The van der Waals surface area contributed by atoms with Crippen molar-refractivity contribution in [1.29, 1.82) is 0 Å². The molecule has 2 rings (SSSR count). The van der Waals surface area contributed by atoms with Crippen LogP contribution in [0.15, 0.2) is 34.9 Å². The molecule has 0 fully saturated rings. The van der Waals surface area contributed by atoms with Gasteiger partial charge in [-0.2, -0.15) is 0 Å². The average Bonchev–Trinajstić information content (AvgIpc) is 2.63. The minimum absolute atomic E-state index is 0.695. The summed E-state index contributed by atoms with van der Waals surface area (Å²) in [6.45, 7) is 4.62. The third-order valence-corrected chi connectivity index (χ3v) is 2.26. The third kappa shape index (κ3) is 2.37. The second-order valence-corrected chi connectivity index (χ2v) is 3.50. The fraction of sp³-hybridized carbons (Fsp3) is 0.250. The molecule has 0 bridgehead atoms. The summed E-state index contributed by atoms with van der Waals surface area (Å²) in [6.07, 6.45) is 1.79. The van der Waals surface area contributed by atoms with E-state index in [-0.39, 0.29) is 0 Å². The van der Waals surface area contributed by atoms with Crippen LogP contribution in [-0.2, 0) is 6.54 Å². The van der Waals surface area contributed by atoms with Crippen molar-refractivity contribution in [3.63, 3.8) is 0 Å². The number of furan rings is 1. The van der Waals surface area contributed by atoms with Crippen LogP contribution in [0.1, 0.15) is 17.2 Å². The Morgan fingerprint density at radius 1 is 1.27 bits per heavy atom. The van der Waals surface area contributed by atoms with E-state index >= 15 is 0 Å². The molecule has 0 aliphatic carbocycles. The predicted molar refractivity (Wildman–Crippen MR) is 59.7 cm³/mol. The highest BCUT2D eigenvalue weighted by Gasteiger charge is 2.00. The maximum Gasteiger partial charge on any atom is 0.123 e. The lowest BCUT2D eigenvalue weighted by molar-refractivity contribution is 0.490. The van der Waals surface area contributed by atoms with Crippen molar-refractivity contribution in [2.24, 2.45) is 0 Å². The zero-order valence-electron chi connectivity index (χ0n) is 8.95. The predicted octanol–water partition coefficient (Wildman–Crippen LogP) is 2.90. The van der Waals surface area contributed by atoms with Crippen molar-refractivity contribution in [3.05, 3.63) is 47.7 Å². The normalized spacial score (nSPS) is 10.3. The maximum absolute atomic E-state index is 5.46. The van der Waals surface area contributed by atoms with Crippen LogP contribution in [0.4, 0.5) is 5.69 Å². The minimum atomic E-state index is 0.695. The van der Waals surface area contributed by atoms with Gasteiger partial charge in [-0.15, -0.1) is 0 Å². The first-order valence-corrected chi connectivity index (χ1v) is 4.96. The minimum Gasteiger partial charge on any atom is -0.465 e. The zero-order chi connectivity index (χ0) is 10.7. The van der Waals surface area contributed by atoms with E-state index in [9.17, 15) is 0 Å². The van der Waals surface area contributed by atoms with E-state index in [2.05, 4.69) is 10.3 Å². The molecule has 0 unspecified atom stereocenters. The lowest BCUT2D eigenvalue weighted by atomic mass is 10.3. The topological polar surface area (TPSA) is 38.1 Å². The van der Waals surface area contributed by atoms with Crippen molar-refractivity contribution in [3.8, 4) is 0 Å². The number of aryl methyl sites for hydroxylation is 2. The molecule has 0 saturated heterocycles. The van der Waals surface area contributed by atoms with Crippen molar-refractivity contribution < 1.29 is 4.42 Å². The van der Waals surface area contributed by atoms with E-state index in [0.717, 1.165) is 22.9 Å². The van der Waals surface area contributed by atoms with Gasteiger partial charge in [-0.3, -0.25) is 4.98 Å². The first kappa shape index (κ1) is 9.77. The Morgan fingerprint density at radius 2 is 2.13 bits per heavy atom. The Kier molecular flexibility index (Phi) is 2.72. The van der Waals surface area contributed by atoms with E-state index in [1.54, 1.807) is 6.20 Å². The Morgan fingerprint density at radius 3 is 2.80 bits per heavy atom. The lowest BCUT2D eigenvalue weighted by Gasteiger charge is -2.06. The van der Waals surface area contributed by atoms with Gasteiger partial charge < -0.3 is 9.73 Å². The summed E-state index contributed by atoms with van der Waals surface area (Å²) in [6, 6.07) is 7.88. The van der Waals surface area contributed by atoms with Gasteiger partial charge in [-0.25, -0.2) is 0 Å². The highest BCUT2D eigenvalue weighted by molar-refractivity contribution is 5.46. The Balaban J connectivity index is 2.02. The van der Waals surface area contributed by atoms with Gasteiger partial charge in [0.25, 0.3) is 0 Å². The van der Waals surface area contributed by atoms with E-state index in [1.165, 1.54) is 0 Å². The third-order valence-electron chi connectivity index (χ3n) is 2.26. The van der Waals surface area contributed by atoms with Gasteiger partial charge in [0.15, 0.2) is 0 Å². The van der Waals surface area contributed by atoms with Crippen molar-refractivity contribution in [2.75, 3.05) is 5.32 Å². The summed E-state index contributed by atoms with van der Waals surface area (Å²) < 4.78 is 5.46. The molecule has 0 aliphatic heterocycles. The second kappa shape index (κ2) is 4.17. The van der Waals surface area contributed by atoms with Gasteiger partial charge in [0.2, 0.25) is 0 Å². The van der Waals surface area contributed by atoms with Gasteiger partial charge in [0.1, 0.15) is 11.5 Å². The van der Waals surface area contributed by atoms with E-state index < -0.39 is 0 Å². The number of pyridine rings is 1. The van der Waals surface area contributed by atoms with Crippen LogP contribution < -0.4 is 5.32 Å². The van der Waals surface area contributed by atoms with Crippen molar-refractivity contribution in [1.82, 2.24) is 4.98 Å². The fourth-order valence-corrected chi connectivity index (χ4v) is 1.43. The molecule has 0 atom stereocenters. The first-order chi connectivity index (χ1) is 7.25. The molecule has 78 valence electrons. The Bertz CT molecular complexity index is 448. The summed E-state index contributed by atoms with van der Waals surface area (Å²) in [7, 11) is 0. The average molecular weight is 202 g/mol. The molecule has 15 heavy (non-hydrogen) atoms. The molecule has 0 aromatic carbocycles. The highest BCUT2D eigenvalue weighted by Crippen LogP contribution is 2.13. The zero-order valence-corrected chi connectivity index (χ0v) is 8.95. The van der Waals surface area contributed by atoms with Crippen molar-refractivity contribution >= 4 is 5.69 Å². The number of hydrogen-bond donors (Lipinski definition) is 1. The second-order valence-electron chi connectivity index (χ2n) is 3.50. The number of rotatable bonds is 3. The first-order valence-electron chi connectivity index (χ1n) is 4.96. The van der Waals surface area contributed by atoms with Crippen LogP contribution in [0.25, 0.3) is 0 Å².